The van der Waals surface area contributed by atoms with Crippen LogP contribution < -0.4 is 5.73 Å². The maximum absolute atomic E-state index is 12.1. The van der Waals surface area contributed by atoms with Gasteiger partial charge < -0.3 is 10.6 Å². The Hall–Kier alpha value is -0.570. The maximum atomic E-state index is 12.1. The standard InChI is InChI=1S/C14H30N2O/c1-10(2)7-13(9-15)8-14(17)16(6)12(5)11(3)4/h10-13H,7-9,15H2,1-6H3/t12?,13-/m0/s1. The maximum Gasteiger partial charge on any atom is 0.222 e. The minimum Gasteiger partial charge on any atom is -0.343 e. The average molecular weight is 242 g/mol. The van der Waals surface area contributed by atoms with Gasteiger partial charge in [0.25, 0.3) is 0 Å². The van der Waals surface area contributed by atoms with Crippen LogP contribution in [-0.2, 0) is 4.79 Å². The van der Waals surface area contributed by atoms with E-state index < -0.39 is 0 Å². The van der Waals surface area contributed by atoms with E-state index in [1.165, 1.54) is 0 Å². The number of amides is 1. The second kappa shape index (κ2) is 7.70. The Morgan fingerprint density at radius 1 is 1.18 bits per heavy atom. The highest BCUT2D eigenvalue weighted by Gasteiger charge is 2.21. The Bertz CT molecular complexity index is 226. The molecule has 0 aromatic rings. The molecule has 0 saturated carbocycles. The third-order valence-electron chi connectivity index (χ3n) is 3.57. The summed E-state index contributed by atoms with van der Waals surface area (Å²) in [5.74, 6) is 1.64. The molecule has 102 valence electrons. The van der Waals surface area contributed by atoms with Gasteiger partial charge in [0.15, 0.2) is 0 Å². The zero-order chi connectivity index (χ0) is 13.6. The number of carbonyl (C=O) groups excluding carboxylic acids is 1. The van der Waals surface area contributed by atoms with Gasteiger partial charge in [-0.3, -0.25) is 4.79 Å². The van der Waals surface area contributed by atoms with Gasteiger partial charge in [-0.05, 0) is 37.6 Å². The van der Waals surface area contributed by atoms with Gasteiger partial charge in [-0.25, -0.2) is 0 Å². The molecule has 3 nitrogen and oxygen atoms in total. The summed E-state index contributed by atoms with van der Waals surface area (Å²) in [5.41, 5.74) is 5.73. The molecule has 1 amide bonds. The predicted octanol–water partition coefficient (Wildman–Crippen LogP) is 2.50. The molecule has 0 heterocycles. The number of nitrogens with zero attached hydrogens (tertiary/aromatic N) is 1. The average Bonchev–Trinajstić information content (AvgIpc) is 2.24. The Morgan fingerprint density at radius 2 is 1.71 bits per heavy atom. The SMILES string of the molecule is CC(C)C[C@H](CN)CC(=O)N(C)C(C)C(C)C. The summed E-state index contributed by atoms with van der Waals surface area (Å²) < 4.78 is 0. The molecule has 0 radical (unpaired) electrons. The van der Waals surface area contributed by atoms with E-state index in [-0.39, 0.29) is 5.91 Å². The van der Waals surface area contributed by atoms with Crippen LogP contribution in [0.25, 0.3) is 0 Å². The van der Waals surface area contributed by atoms with Gasteiger partial charge in [0.05, 0.1) is 0 Å². The van der Waals surface area contributed by atoms with Crippen molar-refractivity contribution in [3.05, 3.63) is 0 Å². The number of nitrogens with two attached hydrogens (primary N) is 1. The quantitative estimate of drug-likeness (QED) is 0.745. The lowest BCUT2D eigenvalue weighted by atomic mass is 9.93. The summed E-state index contributed by atoms with van der Waals surface area (Å²) in [7, 11) is 1.90. The first-order valence-corrected chi connectivity index (χ1v) is 6.75. The van der Waals surface area contributed by atoms with Gasteiger partial charge in [0.1, 0.15) is 0 Å². The Morgan fingerprint density at radius 3 is 2.06 bits per heavy atom. The van der Waals surface area contributed by atoms with Gasteiger partial charge in [0.2, 0.25) is 5.91 Å². The first-order valence-electron chi connectivity index (χ1n) is 6.75. The molecule has 0 saturated heterocycles. The minimum absolute atomic E-state index is 0.224. The van der Waals surface area contributed by atoms with Gasteiger partial charge >= 0.3 is 0 Å². The first-order chi connectivity index (χ1) is 7.79. The highest BCUT2D eigenvalue weighted by Crippen LogP contribution is 2.17. The number of rotatable bonds is 7. The zero-order valence-corrected chi connectivity index (χ0v) is 12.4. The molecule has 0 fully saturated rings. The summed E-state index contributed by atoms with van der Waals surface area (Å²) in [6.45, 7) is 11.3. The third-order valence-corrected chi connectivity index (χ3v) is 3.57. The first kappa shape index (κ1) is 16.4. The summed E-state index contributed by atoms with van der Waals surface area (Å²) in [6, 6.07) is 0.292. The van der Waals surface area contributed by atoms with E-state index in [2.05, 4.69) is 34.6 Å². The Kier molecular flexibility index (Phi) is 7.44. The van der Waals surface area contributed by atoms with E-state index in [0.717, 1.165) is 6.42 Å². The van der Waals surface area contributed by atoms with Gasteiger partial charge in [0, 0.05) is 19.5 Å². The zero-order valence-electron chi connectivity index (χ0n) is 12.4. The van der Waals surface area contributed by atoms with Crippen molar-refractivity contribution < 1.29 is 4.79 Å². The molecule has 0 spiro atoms. The number of carbonyl (C=O) groups is 1. The van der Waals surface area contributed by atoms with Crippen LogP contribution in [0.2, 0.25) is 0 Å². The molecule has 2 N–H and O–H groups in total. The van der Waals surface area contributed by atoms with Crippen molar-refractivity contribution in [2.24, 2.45) is 23.5 Å². The summed E-state index contributed by atoms with van der Waals surface area (Å²) in [6.07, 6.45) is 1.62. The van der Waals surface area contributed by atoms with Crippen molar-refractivity contribution in [2.45, 2.75) is 53.5 Å². The molecule has 0 aromatic carbocycles. The number of hydrogen-bond acceptors (Lipinski definition) is 2. The summed E-state index contributed by atoms with van der Waals surface area (Å²) in [4.78, 5) is 14.0. The second-order valence-electron chi connectivity index (χ2n) is 5.92. The van der Waals surface area contributed by atoms with Crippen LogP contribution in [0.4, 0.5) is 0 Å². The largest absolute Gasteiger partial charge is 0.343 e. The smallest absolute Gasteiger partial charge is 0.222 e. The van der Waals surface area contributed by atoms with Crippen LogP contribution in [0.5, 0.6) is 0 Å². The van der Waals surface area contributed by atoms with Crippen LogP contribution in [0.1, 0.15) is 47.5 Å². The van der Waals surface area contributed by atoms with Crippen molar-refractivity contribution >= 4 is 5.91 Å². The number of hydrogen-bond donors (Lipinski definition) is 1. The van der Waals surface area contributed by atoms with Crippen LogP contribution in [0, 0.1) is 17.8 Å². The van der Waals surface area contributed by atoms with E-state index in [0.29, 0.717) is 36.8 Å². The molecular formula is C14H30N2O. The lowest BCUT2D eigenvalue weighted by Gasteiger charge is -2.29. The van der Waals surface area contributed by atoms with Crippen molar-refractivity contribution in [2.75, 3.05) is 13.6 Å². The van der Waals surface area contributed by atoms with E-state index in [4.69, 9.17) is 5.73 Å². The minimum atomic E-state index is 0.224. The van der Waals surface area contributed by atoms with E-state index in [1.807, 2.05) is 11.9 Å². The molecule has 1 unspecified atom stereocenters. The second-order valence-corrected chi connectivity index (χ2v) is 5.92. The van der Waals surface area contributed by atoms with Crippen molar-refractivity contribution in [3.8, 4) is 0 Å². The van der Waals surface area contributed by atoms with E-state index in [1.54, 1.807) is 0 Å². The molecule has 2 atom stereocenters. The molecule has 0 aliphatic heterocycles. The van der Waals surface area contributed by atoms with Crippen molar-refractivity contribution in [3.63, 3.8) is 0 Å². The van der Waals surface area contributed by atoms with Crippen LogP contribution in [0.3, 0.4) is 0 Å². The fourth-order valence-electron chi connectivity index (χ4n) is 1.99. The van der Waals surface area contributed by atoms with Crippen LogP contribution >= 0.6 is 0 Å². The van der Waals surface area contributed by atoms with Gasteiger partial charge in [-0.1, -0.05) is 27.7 Å². The lowest BCUT2D eigenvalue weighted by Crippen LogP contribution is -2.39. The Labute approximate surface area is 107 Å². The fourth-order valence-corrected chi connectivity index (χ4v) is 1.99. The van der Waals surface area contributed by atoms with Crippen molar-refractivity contribution in [1.82, 2.24) is 4.90 Å². The third kappa shape index (κ3) is 6.06. The highest BCUT2D eigenvalue weighted by atomic mass is 16.2. The molecule has 17 heavy (non-hydrogen) atoms. The summed E-state index contributed by atoms with van der Waals surface area (Å²) >= 11 is 0. The molecule has 0 bridgehead atoms. The molecule has 3 heteroatoms. The topological polar surface area (TPSA) is 46.3 Å². The Balaban J connectivity index is 4.31. The van der Waals surface area contributed by atoms with Gasteiger partial charge in [-0.15, -0.1) is 0 Å². The van der Waals surface area contributed by atoms with Gasteiger partial charge in [-0.2, -0.15) is 0 Å². The molecule has 0 aliphatic rings. The van der Waals surface area contributed by atoms with Crippen molar-refractivity contribution in [1.29, 1.82) is 0 Å². The normalized spacial score (nSPS) is 15.1. The van der Waals surface area contributed by atoms with Crippen LogP contribution in [0.15, 0.2) is 0 Å². The lowest BCUT2D eigenvalue weighted by molar-refractivity contribution is -0.133. The molecular weight excluding hydrogens is 212 g/mol. The van der Waals surface area contributed by atoms with Crippen LogP contribution in [-0.4, -0.2) is 30.4 Å². The van der Waals surface area contributed by atoms with E-state index in [9.17, 15) is 4.79 Å². The highest BCUT2D eigenvalue weighted by molar-refractivity contribution is 5.76. The van der Waals surface area contributed by atoms with E-state index >= 15 is 0 Å². The molecule has 0 aromatic heterocycles. The monoisotopic (exact) mass is 242 g/mol. The molecule has 0 rings (SSSR count). The molecule has 0 aliphatic carbocycles. The fraction of sp³-hybridized carbons (Fsp3) is 0.929. The summed E-state index contributed by atoms with van der Waals surface area (Å²) in [5, 5.41) is 0. The predicted molar refractivity (Wildman–Crippen MR) is 73.7 cm³/mol.